The molecule has 0 spiro atoms. The van der Waals surface area contributed by atoms with Gasteiger partial charge in [-0.3, -0.25) is 4.98 Å². The molecule has 0 bridgehead atoms. The van der Waals surface area contributed by atoms with Crippen LogP contribution in [0.1, 0.15) is 11.4 Å². The molecule has 0 amide bonds. The van der Waals surface area contributed by atoms with Crippen LogP contribution in [0.4, 0.5) is 0 Å². The molecule has 3 aromatic rings. The third-order valence-corrected chi connectivity index (χ3v) is 3.42. The molecule has 2 aromatic heterocycles. The maximum Gasteiger partial charge on any atom is 0.188 e. The molecule has 3 rings (SSSR count). The lowest BCUT2D eigenvalue weighted by Crippen LogP contribution is -2.33. The first-order chi connectivity index (χ1) is 10.8. The van der Waals surface area contributed by atoms with Gasteiger partial charge in [0.25, 0.3) is 0 Å². The number of halogens is 1. The predicted molar refractivity (Wildman–Crippen MR) is 105 cm³/mol. The Morgan fingerprint density at radius 3 is 2.78 bits per heavy atom. The maximum atomic E-state index is 5.88. The summed E-state index contributed by atoms with van der Waals surface area (Å²) >= 11 is 0. The van der Waals surface area contributed by atoms with Gasteiger partial charge in [-0.2, -0.15) is 0 Å². The van der Waals surface area contributed by atoms with Crippen molar-refractivity contribution in [2.45, 2.75) is 13.0 Å². The molecule has 0 saturated heterocycles. The molecule has 0 atom stereocenters. The van der Waals surface area contributed by atoms with E-state index >= 15 is 0 Å². The van der Waals surface area contributed by atoms with E-state index in [1.165, 1.54) is 5.39 Å². The van der Waals surface area contributed by atoms with Crippen LogP contribution < -0.4 is 11.1 Å². The number of aromatic nitrogens is 2. The molecular formula is C17H20IN5. The van der Waals surface area contributed by atoms with E-state index in [4.69, 9.17) is 5.73 Å². The molecule has 120 valence electrons. The Morgan fingerprint density at radius 1 is 1.17 bits per heavy atom. The third kappa shape index (κ3) is 4.95. The molecule has 6 heteroatoms. The van der Waals surface area contributed by atoms with E-state index in [1.807, 2.05) is 30.3 Å². The lowest BCUT2D eigenvalue weighted by Gasteiger charge is -2.04. The van der Waals surface area contributed by atoms with Gasteiger partial charge in [-0.05, 0) is 29.7 Å². The van der Waals surface area contributed by atoms with Crippen LogP contribution in [0.15, 0.2) is 59.7 Å². The van der Waals surface area contributed by atoms with Crippen molar-refractivity contribution in [3.8, 4) is 0 Å². The van der Waals surface area contributed by atoms with Gasteiger partial charge in [0.15, 0.2) is 5.96 Å². The number of hydrogen-bond donors (Lipinski definition) is 3. The number of para-hydroxylation sites is 1. The number of nitrogens with zero attached hydrogens (tertiary/aromatic N) is 2. The average Bonchev–Trinajstić information content (AvgIpc) is 2.97. The molecule has 0 saturated carbocycles. The van der Waals surface area contributed by atoms with E-state index in [-0.39, 0.29) is 24.0 Å². The highest BCUT2D eigenvalue weighted by Gasteiger charge is 1.99. The molecular weight excluding hydrogens is 401 g/mol. The first-order valence-corrected chi connectivity index (χ1v) is 7.31. The van der Waals surface area contributed by atoms with Crippen LogP contribution in [0.25, 0.3) is 10.9 Å². The minimum atomic E-state index is 0. The topological polar surface area (TPSA) is 79.1 Å². The molecule has 0 fully saturated rings. The summed E-state index contributed by atoms with van der Waals surface area (Å²) < 4.78 is 0. The fraction of sp³-hybridized carbons (Fsp3) is 0.176. The quantitative estimate of drug-likeness (QED) is 0.337. The van der Waals surface area contributed by atoms with Crippen molar-refractivity contribution in [2.24, 2.45) is 10.7 Å². The summed E-state index contributed by atoms with van der Waals surface area (Å²) in [6.45, 7) is 1.26. The summed E-state index contributed by atoms with van der Waals surface area (Å²) in [5, 5.41) is 4.30. The standard InChI is InChI=1S/C17H19N5.HI/c18-17(20-10-8-14-6-3-4-9-19-14)21-12-15-11-13-5-1-2-7-16(13)22-15;/h1-7,9,11,22H,8,10,12H2,(H3,18,20,21);1H. The van der Waals surface area contributed by atoms with Crippen molar-refractivity contribution in [2.75, 3.05) is 6.54 Å². The Labute approximate surface area is 152 Å². The van der Waals surface area contributed by atoms with Crippen molar-refractivity contribution in [3.05, 3.63) is 66.1 Å². The molecule has 23 heavy (non-hydrogen) atoms. The minimum Gasteiger partial charge on any atom is -0.370 e. The first kappa shape index (κ1) is 17.3. The number of hydrogen-bond acceptors (Lipinski definition) is 2. The highest BCUT2D eigenvalue weighted by molar-refractivity contribution is 14.0. The number of fused-ring (bicyclic) bond motifs is 1. The highest BCUT2D eigenvalue weighted by atomic mass is 127. The van der Waals surface area contributed by atoms with Gasteiger partial charge >= 0.3 is 0 Å². The van der Waals surface area contributed by atoms with Gasteiger partial charge in [0.05, 0.1) is 6.54 Å². The zero-order chi connectivity index (χ0) is 15.2. The molecule has 0 aliphatic rings. The van der Waals surface area contributed by atoms with Crippen LogP contribution in [0, 0.1) is 0 Å². The van der Waals surface area contributed by atoms with Crippen LogP contribution in [0.3, 0.4) is 0 Å². The predicted octanol–water partition coefficient (Wildman–Crippen LogP) is 2.83. The summed E-state index contributed by atoms with van der Waals surface area (Å²) in [6.07, 6.45) is 2.62. The van der Waals surface area contributed by atoms with Gasteiger partial charge in [0, 0.05) is 36.1 Å². The van der Waals surface area contributed by atoms with Crippen LogP contribution in [-0.4, -0.2) is 22.5 Å². The van der Waals surface area contributed by atoms with Crippen LogP contribution in [-0.2, 0) is 13.0 Å². The SMILES string of the molecule is I.NC(=NCc1cc2ccccc2[nH]1)NCCc1ccccn1. The Morgan fingerprint density at radius 2 is 2.00 bits per heavy atom. The summed E-state index contributed by atoms with van der Waals surface area (Å²) in [7, 11) is 0. The van der Waals surface area contributed by atoms with Crippen LogP contribution in [0.5, 0.6) is 0 Å². The van der Waals surface area contributed by atoms with Gasteiger partial charge in [-0.15, -0.1) is 24.0 Å². The molecule has 5 nitrogen and oxygen atoms in total. The number of aromatic amines is 1. The monoisotopic (exact) mass is 421 g/mol. The van der Waals surface area contributed by atoms with E-state index in [0.29, 0.717) is 12.5 Å². The number of H-pyrrole nitrogens is 1. The molecule has 1 aromatic carbocycles. The lowest BCUT2D eigenvalue weighted by molar-refractivity contribution is 0.826. The van der Waals surface area contributed by atoms with E-state index in [0.717, 1.165) is 29.9 Å². The van der Waals surface area contributed by atoms with Crippen LogP contribution in [0.2, 0.25) is 0 Å². The van der Waals surface area contributed by atoms with Crippen molar-refractivity contribution in [1.29, 1.82) is 0 Å². The van der Waals surface area contributed by atoms with Gasteiger partial charge < -0.3 is 16.0 Å². The van der Waals surface area contributed by atoms with Crippen LogP contribution >= 0.6 is 24.0 Å². The van der Waals surface area contributed by atoms with E-state index in [2.05, 4.69) is 38.5 Å². The van der Waals surface area contributed by atoms with E-state index < -0.39 is 0 Å². The fourth-order valence-electron chi connectivity index (χ4n) is 2.31. The number of rotatable bonds is 5. The Balaban J connectivity index is 0.00000192. The first-order valence-electron chi connectivity index (χ1n) is 7.31. The minimum absolute atomic E-state index is 0. The molecule has 2 heterocycles. The van der Waals surface area contributed by atoms with Crippen molar-refractivity contribution >= 4 is 40.8 Å². The average molecular weight is 421 g/mol. The molecule has 4 N–H and O–H groups in total. The van der Waals surface area contributed by atoms with E-state index in [1.54, 1.807) is 6.20 Å². The second kappa shape index (κ2) is 8.52. The van der Waals surface area contributed by atoms with Crippen molar-refractivity contribution in [3.63, 3.8) is 0 Å². The Hall–Kier alpha value is -2.09. The lowest BCUT2D eigenvalue weighted by atomic mass is 10.2. The van der Waals surface area contributed by atoms with Gasteiger partial charge in [-0.1, -0.05) is 24.3 Å². The number of guanidine groups is 1. The van der Waals surface area contributed by atoms with Gasteiger partial charge in [0.1, 0.15) is 0 Å². The number of aliphatic imine (C=N–C) groups is 1. The number of nitrogens with one attached hydrogen (secondary N) is 2. The zero-order valence-electron chi connectivity index (χ0n) is 12.7. The summed E-state index contributed by atoms with van der Waals surface area (Å²) in [5.74, 6) is 0.453. The Kier molecular flexibility index (Phi) is 6.40. The fourth-order valence-corrected chi connectivity index (χ4v) is 2.31. The summed E-state index contributed by atoms with van der Waals surface area (Å²) in [5.41, 5.74) is 9.10. The number of nitrogens with two attached hydrogens (primary N) is 1. The third-order valence-electron chi connectivity index (χ3n) is 3.42. The van der Waals surface area contributed by atoms with Crippen molar-refractivity contribution < 1.29 is 0 Å². The van der Waals surface area contributed by atoms with E-state index in [9.17, 15) is 0 Å². The van der Waals surface area contributed by atoms with Crippen molar-refractivity contribution in [1.82, 2.24) is 15.3 Å². The Bertz CT molecular complexity index is 734. The zero-order valence-corrected chi connectivity index (χ0v) is 15.0. The molecule has 0 aliphatic carbocycles. The van der Waals surface area contributed by atoms with Gasteiger partial charge in [0.2, 0.25) is 0 Å². The maximum absolute atomic E-state index is 5.88. The van der Waals surface area contributed by atoms with Gasteiger partial charge in [-0.25, -0.2) is 4.99 Å². The largest absolute Gasteiger partial charge is 0.370 e. The number of benzene rings is 1. The summed E-state index contributed by atoms with van der Waals surface area (Å²) in [4.78, 5) is 12.0. The normalized spacial score (nSPS) is 11.2. The second-order valence-electron chi connectivity index (χ2n) is 5.08. The summed E-state index contributed by atoms with van der Waals surface area (Å²) in [6, 6.07) is 16.2. The molecule has 0 aliphatic heterocycles. The second-order valence-corrected chi connectivity index (χ2v) is 5.08. The molecule has 0 unspecified atom stereocenters. The smallest absolute Gasteiger partial charge is 0.188 e. The molecule has 0 radical (unpaired) electrons. The number of pyridine rings is 1. The highest BCUT2D eigenvalue weighted by Crippen LogP contribution is 2.14.